The minimum Gasteiger partial charge on any atom is -0.423 e. The van der Waals surface area contributed by atoms with E-state index in [2.05, 4.69) is 86.3 Å². The van der Waals surface area contributed by atoms with Crippen LogP contribution in [0.25, 0.3) is 0 Å². The Kier molecular flexibility index (Phi) is 8.67. The Morgan fingerprint density at radius 1 is 0.838 bits per heavy atom. The average Bonchev–Trinajstić information content (AvgIpc) is 2.91. The fraction of sp³-hybridized carbons (Fsp3) is 0.345. The quantitative estimate of drug-likeness (QED) is 0.446. The molecule has 1 aliphatic heterocycles. The van der Waals surface area contributed by atoms with Gasteiger partial charge >= 0.3 is 7.12 Å². The maximum absolute atomic E-state index is 12.9. The maximum Gasteiger partial charge on any atom is 0.488 e. The normalized spacial score (nSPS) is 15.0. The van der Waals surface area contributed by atoms with Crippen LogP contribution in [-0.4, -0.2) is 80.5 Å². The number of nitrogens with zero attached hydrogens (tertiary/aromatic N) is 2. The predicted octanol–water partition coefficient (Wildman–Crippen LogP) is 1.70. The van der Waals surface area contributed by atoms with E-state index in [9.17, 15) is 14.8 Å². The molecule has 0 aromatic heterocycles. The van der Waals surface area contributed by atoms with Crippen LogP contribution >= 0.6 is 0 Å². The van der Waals surface area contributed by atoms with E-state index in [1.807, 2.05) is 4.90 Å². The second-order valence-corrected chi connectivity index (χ2v) is 14.9. The van der Waals surface area contributed by atoms with Gasteiger partial charge in [0.1, 0.15) is 0 Å². The van der Waals surface area contributed by atoms with Gasteiger partial charge in [-0.3, -0.25) is 9.69 Å². The van der Waals surface area contributed by atoms with Gasteiger partial charge in [-0.05, 0) is 33.0 Å². The Morgan fingerprint density at radius 2 is 1.35 bits per heavy atom. The van der Waals surface area contributed by atoms with Crippen LogP contribution in [-0.2, 0) is 4.43 Å². The van der Waals surface area contributed by atoms with Crippen LogP contribution in [0.5, 0.6) is 0 Å². The fourth-order valence-corrected chi connectivity index (χ4v) is 9.80. The molecule has 8 heteroatoms. The lowest BCUT2D eigenvalue weighted by Gasteiger charge is -2.43. The Balaban J connectivity index is 1.40. The molecule has 194 valence electrons. The first-order valence-electron chi connectivity index (χ1n) is 12.9. The molecular formula is C29H37BN2O4Si. The van der Waals surface area contributed by atoms with E-state index >= 15 is 0 Å². The molecule has 1 saturated heterocycles. The van der Waals surface area contributed by atoms with Gasteiger partial charge in [-0.2, -0.15) is 0 Å². The molecule has 1 fully saturated rings. The zero-order chi connectivity index (χ0) is 26.5. The molecule has 0 radical (unpaired) electrons. The topological polar surface area (TPSA) is 73.2 Å². The van der Waals surface area contributed by atoms with Crippen molar-refractivity contribution in [1.82, 2.24) is 9.80 Å². The summed E-state index contributed by atoms with van der Waals surface area (Å²) < 4.78 is 7.02. The molecule has 6 nitrogen and oxygen atoms in total. The summed E-state index contributed by atoms with van der Waals surface area (Å²) >= 11 is 0. The highest BCUT2D eigenvalue weighted by molar-refractivity contribution is 6.99. The van der Waals surface area contributed by atoms with E-state index in [-0.39, 0.29) is 10.9 Å². The van der Waals surface area contributed by atoms with E-state index < -0.39 is 15.4 Å². The number of piperazine rings is 1. The highest BCUT2D eigenvalue weighted by Gasteiger charge is 2.50. The number of hydrogen-bond acceptors (Lipinski definition) is 5. The Labute approximate surface area is 221 Å². The van der Waals surface area contributed by atoms with Gasteiger partial charge in [0.05, 0.1) is 0 Å². The number of benzene rings is 3. The average molecular weight is 517 g/mol. The Hall–Kier alpha value is -2.75. The van der Waals surface area contributed by atoms with Crippen molar-refractivity contribution in [2.24, 2.45) is 0 Å². The molecule has 4 rings (SSSR count). The zero-order valence-electron chi connectivity index (χ0n) is 22.0. The predicted molar refractivity (Wildman–Crippen MR) is 152 cm³/mol. The molecule has 3 aromatic rings. The SMILES string of the molecule is CC(C)(C)[Si](OCCN1CCN(C(=O)c2ccc(B(O)O)cc2)CC1)(c1ccccc1)c1ccccc1. The lowest BCUT2D eigenvalue weighted by Crippen LogP contribution is -2.67. The van der Waals surface area contributed by atoms with Crippen molar-refractivity contribution in [3.8, 4) is 0 Å². The summed E-state index contributed by atoms with van der Waals surface area (Å²) in [5, 5.41) is 21.1. The summed E-state index contributed by atoms with van der Waals surface area (Å²) in [6.07, 6.45) is 0. The van der Waals surface area contributed by atoms with Gasteiger partial charge in [0.2, 0.25) is 0 Å². The largest absolute Gasteiger partial charge is 0.488 e. The second-order valence-electron chi connectivity index (χ2n) is 10.6. The standard InChI is InChI=1S/C29H37BN2O4Si/c1-29(2,3)37(26-10-6-4-7-11-26,27-12-8-5-9-13-27)36-23-22-31-18-20-32(21-19-31)28(33)24-14-16-25(17-15-24)30(34)35/h4-17,34-35H,18-23H2,1-3H3. The van der Waals surface area contributed by atoms with Crippen LogP contribution in [0.15, 0.2) is 84.9 Å². The molecule has 1 aliphatic rings. The highest BCUT2D eigenvalue weighted by atomic mass is 28.4. The third kappa shape index (κ3) is 6.05. The van der Waals surface area contributed by atoms with Crippen molar-refractivity contribution in [2.75, 3.05) is 39.3 Å². The van der Waals surface area contributed by atoms with Crippen LogP contribution in [0.4, 0.5) is 0 Å². The summed E-state index contributed by atoms with van der Waals surface area (Å²) in [5.41, 5.74) is 0.940. The number of rotatable bonds is 8. The lowest BCUT2D eigenvalue weighted by atomic mass is 9.80. The molecule has 37 heavy (non-hydrogen) atoms. The van der Waals surface area contributed by atoms with Crippen LogP contribution in [0, 0.1) is 0 Å². The van der Waals surface area contributed by atoms with Crippen molar-refractivity contribution >= 4 is 37.2 Å². The minimum atomic E-state index is -2.55. The van der Waals surface area contributed by atoms with Crippen molar-refractivity contribution in [1.29, 1.82) is 0 Å². The molecule has 1 heterocycles. The van der Waals surface area contributed by atoms with Crippen LogP contribution < -0.4 is 15.8 Å². The Bertz CT molecular complexity index is 1110. The zero-order valence-corrected chi connectivity index (χ0v) is 23.0. The number of carbonyl (C=O) groups is 1. The molecule has 0 aliphatic carbocycles. The van der Waals surface area contributed by atoms with Gasteiger partial charge < -0.3 is 19.4 Å². The first kappa shape index (κ1) is 27.3. The molecule has 0 bridgehead atoms. The number of hydrogen-bond donors (Lipinski definition) is 2. The second kappa shape index (κ2) is 11.8. The van der Waals surface area contributed by atoms with Crippen molar-refractivity contribution in [2.45, 2.75) is 25.8 Å². The van der Waals surface area contributed by atoms with Gasteiger partial charge in [-0.25, -0.2) is 0 Å². The van der Waals surface area contributed by atoms with Crippen LogP contribution in [0.2, 0.25) is 5.04 Å². The first-order chi connectivity index (χ1) is 17.7. The van der Waals surface area contributed by atoms with Gasteiger partial charge in [0.15, 0.2) is 0 Å². The third-order valence-electron chi connectivity index (χ3n) is 7.26. The lowest BCUT2D eigenvalue weighted by molar-refractivity contribution is 0.0618. The smallest absolute Gasteiger partial charge is 0.423 e. The first-order valence-corrected chi connectivity index (χ1v) is 14.9. The third-order valence-corrected chi connectivity index (χ3v) is 12.3. The molecule has 0 unspecified atom stereocenters. The van der Waals surface area contributed by atoms with E-state index in [1.165, 1.54) is 10.4 Å². The van der Waals surface area contributed by atoms with Crippen LogP contribution in [0.1, 0.15) is 31.1 Å². The molecule has 2 N–H and O–H groups in total. The van der Waals surface area contributed by atoms with Gasteiger partial charge in [0, 0.05) is 44.9 Å². The number of amides is 1. The molecule has 0 spiro atoms. The molecule has 1 amide bonds. The monoisotopic (exact) mass is 516 g/mol. The highest BCUT2D eigenvalue weighted by Crippen LogP contribution is 2.36. The van der Waals surface area contributed by atoms with Gasteiger partial charge in [-0.1, -0.05) is 93.6 Å². The van der Waals surface area contributed by atoms with Crippen LogP contribution in [0.3, 0.4) is 0 Å². The summed E-state index contributed by atoms with van der Waals surface area (Å²) in [6, 6.07) is 27.8. The minimum absolute atomic E-state index is 0.0257. The van der Waals surface area contributed by atoms with E-state index in [4.69, 9.17) is 4.43 Å². The van der Waals surface area contributed by atoms with E-state index in [1.54, 1.807) is 24.3 Å². The van der Waals surface area contributed by atoms with Crippen molar-refractivity contribution in [3.05, 3.63) is 90.5 Å². The fourth-order valence-electron chi connectivity index (χ4n) is 5.24. The van der Waals surface area contributed by atoms with E-state index in [0.717, 1.165) is 19.6 Å². The maximum atomic E-state index is 12.9. The van der Waals surface area contributed by atoms with E-state index in [0.29, 0.717) is 30.7 Å². The summed E-state index contributed by atoms with van der Waals surface area (Å²) in [6.45, 7) is 11.2. The Morgan fingerprint density at radius 3 is 1.81 bits per heavy atom. The van der Waals surface area contributed by atoms with Crippen molar-refractivity contribution < 1.29 is 19.3 Å². The number of carbonyl (C=O) groups excluding carboxylic acids is 1. The van der Waals surface area contributed by atoms with Crippen molar-refractivity contribution in [3.63, 3.8) is 0 Å². The summed E-state index contributed by atoms with van der Waals surface area (Å²) in [7, 11) is -4.08. The summed E-state index contributed by atoms with van der Waals surface area (Å²) in [4.78, 5) is 17.2. The summed E-state index contributed by atoms with van der Waals surface area (Å²) in [5.74, 6) is -0.0257. The molecular weight excluding hydrogens is 479 g/mol. The molecule has 3 aromatic carbocycles. The molecule has 0 atom stereocenters. The molecule has 0 saturated carbocycles. The van der Waals surface area contributed by atoms with Gasteiger partial charge in [0.25, 0.3) is 14.2 Å². The van der Waals surface area contributed by atoms with Gasteiger partial charge in [-0.15, -0.1) is 0 Å².